The molecule has 1 aliphatic rings. The molecule has 0 aromatic heterocycles. The summed E-state index contributed by atoms with van der Waals surface area (Å²) in [5, 5.41) is 3.61. The van der Waals surface area contributed by atoms with Crippen LogP contribution in [0.1, 0.15) is 52.5 Å². The highest BCUT2D eigenvalue weighted by molar-refractivity contribution is 5.26. The first-order valence-electron chi connectivity index (χ1n) is 8.37. The second kappa shape index (κ2) is 6.83. The topological polar surface area (TPSA) is 21.3 Å². The Morgan fingerprint density at radius 1 is 1.14 bits per heavy atom. The molecule has 3 atom stereocenters. The van der Waals surface area contributed by atoms with Crippen molar-refractivity contribution in [3.05, 3.63) is 29.8 Å². The molecular formula is C19H31NO. The van der Waals surface area contributed by atoms with E-state index >= 15 is 0 Å². The van der Waals surface area contributed by atoms with Crippen molar-refractivity contribution in [2.75, 3.05) is 6.54 Å². The van der Waals surface area contributed by atoms with Crippen LogP contribution in [0, 0.1) is 18.3 Å². The molecule has 1 N–H and O–H groups in total. The van der Waals surface area contributed by atoms with E-state index in [-0.39, 0.29) is 6.10 Å². The second-order valence-electron chi connectivity index (χ2n) is 7.51. The molecule has 1 aliphatic carbocycles. The Kier molecular flexibility index (Phi) is 5.32. The molecule has 0 bridgehead atoms. The number of rotatable bonds is 4. The highest BCUT2D eigenvalue weighted by Crippen LogP contribution is 2.39. The van der Waals surface area contributed by atoms with E-state index in [1.165, 1.54) is 18.4 Å². The molecule has 21 heavy (non-hydrogen) atoms. The van der Waals surface area contributed by atoms with Gasteiger partial charge < -0.3 is 10.1 Å². The summed E-state index contributed by atoms with van der Waals surface area (Å²) in [4.78, 5) is 0. The molecule has 2 heteroatoms. The van der Waals surface area contributed by atoms with E-state index in [1.54, 1.807) is 0 Å². The first kappa shape index (κ1) is 16.4. The summed E-state index contributed by atoms with van der Waals surface area (Å²) in [7, 11) is 0. The molecule has 0 radical (unpaired) electrons. The minimum Gasteiger partial charge on any atom is -0.489 e. The van der Waals surface area contributed by atoms with Gasteiger partial charge in [-0.05, 0) is 56.2 Å². The zero-order chi connectivity index (χ0) is 15.5. The van der Waals surface area contributed by atoms with Crippen LogP contribution in [0.2, 0.25) is 0 Å². The maximum atomic E-state index is 6.34. The molecule has 0 aliphatic heterocycles. The lowest BCUT2D eigenvalue weighted by atomic mass is 9.70. The van der Waals surface area contributed by atoms with Gasteiger partial charge in [-0.2, -0.15) is 0 Å². The van der Waals surface area contributed by atoms with Crippen molar-refractivity contribution in [3.63, 3.8) is 0 Å². The van der Waals surface area contributed by atoms with Gasteiger partial charge in [0.05, 0.1) is 0 Å². The van der Waals surface area contributed by atoms with Crippen molar-refractivity contribution < 1.29 is 4.74 Å². The zero-order valence-corrected chi connectivity index (χ0v) is 14.3. The summed E-state index contributed by atoms with van der Waals surface area (Å²) in [6, 6.07) is 8.93. The largest absolute Gasteiger partial charge is 0.489 e. The molecule has 118 valence electrons. The Bertz CT molecular complexity index is 432. The van der Waals surface area contributed by atoms with Crippen LogP contribution in [0.5, 0.6) is 5.75 Å². The van der Waals surface area contributed by atoms with Crippen molar-refractivity contribution in [2.45, 2.75) is 66.0 Å². The Balaban J connectivity index is 2.08. The highest BCUT2D eigenvalue weighted by atomic mass is 16.5. The van der Waals surface area contributed by atoms with E-state index < -0.39 is 0 Å². The summed E-state index contributed by atoms with van der Waals surface area (Å²) >= 11 is 0. The number of hydrogen-bond acceptors (Lipinski definition) is 2. The molecule has 0 heterocycles. The standard InChI is InChI=1S/C19H31NO/c1-6-20-17-12-9-15(19(3,4)5)13-18(17)21-16-10-7-14(2)8-11-16/h7-8,10-11,15,17-18,20H,6,9,12-13H2,1-5H3. The summed E-state index contributed by atoms with van der Waals surface area (Å²) < 4.78 is 6.34. The maximum absolute atomic E-state index is 6.34. The lowest BCUT2D eigenvalue weighted by molar-refractivity contribution is 0.0477. The van der Waals surface area contributed by atoms with Gasteiger partial charge in [0.2, 0.25) is 0 Å². The second-order valence-corrected chi connectivity index (χ2v) is 7.51. The third-order valence-corrected chi connectivity index (χ3v) is 4.79. The molecule has 0 amide bonds. The van der Waals surface area contributed by atoms with E-state index in [1.807, 2.05) is 0 Å². The molecule has 1 aromatic carbocycles. The van der Waals surface area contributed by atoms with Crippen LogP contribution in [0.25, 0.3) is 0 Å². The summed E-state index contributed by atoms with van der Waals surface area (Å²) in [5.74, 6) is 1.74. The van der Waals surface area contributed by atoms with Gasteiger partial charge in [-0.15, -0.1) is 0 Å². The summed E-state index contributed by atoms with van der Waals surface area (Å²) in [5.41, 5.74) is 1.65. The fourth-order valence-corrected chi connectivity index (χ4v) is 3.33. The SMILES string of the molecule is CCNC1CCC(C(C)(C)C)CC1Oc1ccc(C)cc1. The third kappa shape index (κ3) is 4.47. The average Bonchev–Trinajstić information content (AvgIpc) is 2.42. The molecule has 2 rings (SSSR count). The van der Waals surface area contributed by atoms with E-state index in [0.29, 0.717) is 11.5 Å². The lowest BCUT2D eigenvalue weighted by Crippen LogP contribution is -2.48. The smallest absolute Gasteiger partial charge is 0.119 e. The normalized spacial score (nSPS) is 26.6. The van der Waals surface area contributed by atoms with Gasteiger partial charge in [-0.25, -0.2) is 0 Å². The third-order valence-electron chi connectivity index (χ3n) is 4.79. The maximum Gasteiger partial charge on any atom is 0.119 e. The van der Waals surface area contributed by atoms with Crippen LogP contribution in [-0.4, -0.2) is 18.7 Å². The van der Waals surface area contributed by atoms with Gasteiger partial charge in [-0.1, -0.05) is 45.4 Å². The number of nitrogens with one attached hydrogen (secondary N) is 1. The fourth-order valence-electron chi connectivity index (χ4n) is 3.33. The molecule has 0 spiro atoms. The highest BCUT2D eigenvalue weighted by Gasteiger charge is 2.36. The molecule has 1 fully saturated rings. The van der Waals surface area contributed by atoms with Gasteiger partial charge in [0.25, 0.3) is 0 Å². The molecular weight excluding hydrogens is 258 g/mol. The van der Waals surface area contributed by atoms with Crippen molar-refractivity contribution in [2.24, 2.45) is 11.3 Å². The Morgan fingerprint density at radius 2 is 1.81 bits per heavy atom. The molecule has 3 unspecified atom stereocenters. The zero-order valence-electron chi connectivity index (χ0n) is 14.3. The first-order valence-corrected chi connectivity index (χ1v) is 8.37. The Hall–Kier alpha value is -1.02. The Morgan fingerprint density at radius 3 is 2.38 bits per heavy atom. The number of ether oxygens (including phenoxy) is 1. The van der Waals surface area contributed by atoms with Crippen LogP contribution in [0.3, 0.4) is 0 Å². The van der Waals surface area contributed by atoms with Crippen LogP contribution in [0.15, 0.2) is 24.3 Å². The predicted molar refractivity (Wildman–Crippen MR) is 89.9 cm³/mol. The summed E-state index contributed by atoms with van der Waals surface area (Å²) in [6.07, 6.45) is 3.95. The van der Waals surface area contributed by atoms with Gasteiger partial charge in [0, 0.05) is 6.04 Å². The van der Waals surface area contributed by atoms with Gasteiger partial charge >= 0.3 is 0 Å². The van der Waals surface area contributed by atoms with Crippen LogP contribution >= 0.6 is 0 Å². The van der Waals surface area contributed by atoms with Crippen LogP contribution < -0.4 is 10.1 Å². The Labute approximate surface area is 130 Å². The van der Waals surface area contributed by atoms with E-state index in [0.717, 1.165) is 24.6 Å². The van der Waals surface area contributed by atoms with Crippen molar-refractivity contribution in [1.29, 1.82) is 0 Å². The van der Waals surface area contributed by atoms with Gasteiger partial charge in [-0.3, -0.25) is 0 Å². The number of aryl methyl sites for hydroxylation is 1. The summed E-state index contributed by atoms with van der Waals surface area (Å²) in [6.45, 7) is 12.4. The number of likely N-dealkylation sites (N-methyl/N-ethyl adjacent to an activating group) is 1. The number of benzene rings is 1. The average molecular weight is 289 g/mol. The van der Waals surface area contributed by atoms with E-state index in [4.69, 9.17) is 4.74 Å². The minimum absolute atomic E-state index is 0.283. The van der Waals surface area contributed by atoms with Crippen molar-refractivity contribution in [3.8, 4) is 5.75 Å². The first-order chi connectivity index (χ1) is 9.90. The lowest BCUT2D eigenvalue weighted by Gasteiger charge is -2.42. The molecule has 0 saturated heterocycles. The fraction of sp³-hybridized carbons (Fsp3) is 0.684. The van der Waals surface area contributed by atoms with E-state index in [9.17, 15) is 0 Å². The predicted octanol–water partition coefficient (Wildman–Crippen LogP) is 4.57. The van der Waals surface area contributed by atoms with Crippen molar-refractivity contribution in [1.82, 2.24) is 5.32 Å². The van der Waals surface area contributed by atoms with E-state index in [2.05, 4.69) is 64.2 Å². The van der Waals surface area contributed by atoms with Crippen molar-refractivity contribution >= 4 is 0 Å². The number of hydrogen-bond donors (Lipinski definition) is 1. The van der Waals surface area contributed by atoms with Crippen LogP contribution in [-0.2, 0) is 0 Å². The molecule has 1 aromatic rings. The minimum atomic E-state index is 0.283. The van der Waals surface area contributed by atoms with Gasteiger partial charge in [0.1, 0.15) is 11.9 Å². The molecule has 1 saturated carbocycles. The van der Waals surface area contributed by atoms with Crippen LogP contribution in [0.4, 0.5) is 0 Å². The van der Waals surface area contributed by atoms with Gasteiger partial charge in [0.15, 0.2) is 0 Å². The monoisotopic (exact) mass is 289 g/mol. The quantitative estimate of drug-likeness (QED) is 0.877. The molecule has 2 nitrogen and oxygen atoms in total.